The normalized spacial score (nSPS) is 15.2. The molecule has 5 heteroatoms. The van der Waals surface area contributed by atoms with Crippen molar-refractivity contribution in [2.24, 2.45) is 5.73 Å². The van der Waals surface area contributed by atoms with Crippen LogP contribution >= 0.6 is 0 Å². The third-order valence-corrected chi connectivity index (χ3v) is 2.85. The highest BCUT2D eigenvalue weighted by atomic mass is 16.6. The largest absolute Gasteiger partial charge is 0.486 e. The molecular weight excluding hydrogens is 234 g/mol. The van der Waals surface area contributed by atoms with E-state index in [0.717, 1.165) is 5.56 Å². The minimum atomic E-state index is -0.611. The number of ether oxygens (including phenoxy) is 2. The number of nitrogens with two attached hydrogens (primary N) is 1. The summed E-state index contributed by atoms with van der Waals surface area (Å²) in [5.74, 6) is 1.02. The number of carbonyl (C=O) groups is 1. The summed E-state index contributed by atoms with van der Waals surface area (Å²) in [6.07, 6.45) is 0.759. The summed E-state index contributed by atoms with van der Waals surface area (Å²) in [7, 11) is 0. The van der Waals surface area contributed by atoms with Gasteiger partial charge in [0, 0.05) is 6.42 Å². The zero-order chi connectivity index (χ0) is 13.0. The van der Waals surface area contributed by atoms with Crippen molar-refractivity contribution in [3.05, 3.63) is 23.8 Å². The predicted molar refractivity (Wildman–Crippen MR) is 65.4 cm³/mol. The second-order valence-corrected chi connectivity index (χ2v) is 4.28. The number of aliphatic hydroxyl groups excluding tert-OH is 1. The Kier molecular flexibility index (Phi) is 4.04. The summed E-state index contributed by atoms with van der Waals surface area (Å²) in [5, 5.41) is 9.99. The Balaban J connectivity index is 1.97. The maximum atomic E-state index is 10.6. The monoisotopic (exact) mass is 251 g/mol. The van der Waals surface area contributed by atoms with Gasteiger partial charge in [0.2, 0.25) is 5.91 Å². The van der Waals surface area contributed by atoms with Gasteiger partial charge in [-0.25, -0.2) is 0 Å². The maximum Gasteiger partial charge on any atom is 0.217 e. The van der Waals surface area contributed by atoms with E-state index in [0.29, 0.717) is 44.0 Å². The minimum absolute atomic E-state index is 0.293. The Morgan fingerprint density at radius 2 is 2.06 bits per heavy atom. The van der Waals surface area contributed by atoms with E-state index in [2.05, 4.69) is 0 Å². The SMILES string of the molecule is NC(=O)CCCC(O)c1ccc2c(c1)OCCO2. The minimum Gasteiger partial charge on any atom is -0.486 e. The van der Waals surface area contributed by atoms with Crippen molar-refractivity contribution >= 4 is 5.91 Å². The van der Waals surface area contributed by atoms with Gasteiger partial charge in [0.1, 0.15) is 13.2 Å². The molecule has 1 unspecified atom stereocenters. The van der Waals surface area contributed by atoms with Gasteiger partial charge in [-0.1, -0.05) is 6.07 Å². The number of aliphatic hydroxyl groups is 1. The second kappa shape index (κ2) is 5.73. The Hall–Kier alpha value is -1.75. The summed E-state index contributed by atoms with van der Waals surface area (Å²) >= 11 is 0. The molecule has 1 aromatic rings. The molecule has 1 aliphatic heterocycles. The van der Waals surface area contributed by atoms with Crippen molar-refractivity contribution in [1.29, 1.82) is 0 Å². The molecule has 0 saturated carbocycles. The highest BCUT2D eigenvalue weighted by Crippen LogP contribution is 2.33. The Labute approximate surface area is 106 Å². The Morgan fingerprint density at radius 1 is 1.33 bits per heavy atom. The van der Waals surface area contributed by atoms with Gasteiger partial charge in [0.15, 0.2) is 11.5 Å². The van der Waals surface area contributed by atoms with Crippen molar-refractivity contribution in [1.82, 2.24) is 0 Å². The zero-order valence-electron chi connectivity index (χ0n) is 10.1. The van der Waals surface area contributed by atoms with E-state index in [-0.39, 0.29) is 5.91 Å². The molecule has 5 nitrogen and oxygen atoms in total. The quantitative estimate of drug-likeness (QED) is 0.822. The van der Waals surface area contributed by atoms with E-state index in [1.165, 1.54) is 0 Å². The molecule has 3 N–H and O–H groups in total. The van der Waals surface area contributed by atoms with Gasteiger partial charge < -0.3 is 20.3 Å². The molecule has 0 bridgehead atoms. The number of hydrogen-bond donors (Lipinski definition) is 2. The van der Waals surface area contributed by atoms with Crippen LogP contribution in [-0.4, -0.2) is 24.2 Å². The molecule has 0 radical (unpaired) electrons. The van der Waals surface area contributed by atoms with Crippen LogP contribution in [0.1, 0.15) is 30.9 Å². The van der Waals surface area contributed by atoms with E-state index in [9.17, 15) is 9.90 Å². The fourth-order valence-electron chi connectivity index (χ4n) is 1.90. The number of primary amides is 1. The number of carbonyl (C=O) groups excluding carboxylic acids is 1. The first-order chi connectivity index (χ1) is 8.66. The van der Waals surface area contributed by atoms with Crippen molar-refractivity contribution in [2.75, 3.05) is 13.2 Å². The van der Waals surface area contributed by atoms with Crippen molar-refractivity contribution in [3.8, 4) is 11.5 Å². The molecule has 1 aliphatic rings. The van der Waals surface area contributed by atoms with Crippen molar-refractivity contribution in [3.63, 3.8) is 0 Å². The van der Waals surface area contributed by atoms with Gasteiger partial charge >= 0.3 is 0 Å². The molecule has 1 amide bonds. The standard InChI is InChI=1S/C13H17NO4/c14-13(16)3-1-2-10(15)9-4-5-11-12(8-9)18-7-6-17-11/h4-5,8,10,15H,1-3,6-7H2,(H2,14,16). The second-order valence-electron chi connectivity index (χ2n) is 4.28. The van der Waals surface area contributed by atoms with E-state index < -0.39 is 6.10 Å². The average molecular weight is 251 g/mol. The third-order valence-electron chi connectivity index (χ3n) is 2.85. The lowest BCUT2D eigenvalue weighted by molar-refractivity contribution is -0.118. The van der Waals surface area contributed by atoms with Crippen molar-refractivity contribution < 1.29 is 19.4 Å². The smallest absolute Gasteiger partial charge is 0.217 e. The van der Waals surface area contributed by atoms with Crippen LogP contribution in [-0.2, 0) is 4.79 Å². The summed E-state index contributed by atoms with van der Waals surface area (Å²) < 4.78 is 10.8. The lowest BCUT2D eigenvalue weighted by atomic mass is 10.0. The van der Waals surface area contributed by atoms with Gasteiger partial charge in [-0.3, -0.25) is 4.79 Å². The number of benzene rings is 1. The molecule has 0 saturated heterocycles. The molecule has 0 aliphatic carbocycles. The van der Waals surface area contributed by atoms with Crippen LogP contribution in [0.5, 0.6) is 11.5 Å². The van der Waals surface area contributed by atoms with Crippen LogP contribution in [0.4, 0.5) is 0 Å². The lowest BCUT2D eigenvalue weighted by Gasteiger charge is -2.20. The van der Waals surface area contributed by atoms with Crippen LogP contribution < -0.4 is 15.2 Å². The fourth-order valence-corrected chi connectivity index (χ4v) is 1.90. The number of amides is 1. The highest BCUT2D eigenvalue weighted by molar-refractivity contribution is 5.73. The van der Waals surface area contributed by atoms with E-state index in [1.807, 2.05) is 6.07 Å². The molecular formula is C13H17NO4. The van der Waals surface area contributed by atoms with E-state index in [4.69, 9.17) is 15.2 Å². The zero-order valence-corrected chi connectivity index (χ0v) is 10.1. The predicted octanol–water partition coefficient (Wildman–Crippen LogP) is 1.15. The number of hydrogen-bond acceptors (Lipinski definition) is 4. The van der Waals surface area contributed by atoms with Crippen LogP contribution in [0.3, 0.4) is 0 Å². The van der Waals surface area contributed by atoms with Gasteiger partial charge in [-0.2, -0.15) is 0 Å². The first kappa shape index (κ1) is 12.7. The van der Waals surface area contributed by atoms with E-state index >= 15 is 0 Å². The van der Waals surface area contributed by atoms with Crippen LogP contribution in [0.25, 0.3) is 0 Å². The summed E-state index contributed by atoms with van der Waals surface area (Å²) in [6, 6.07) is 5.38. The molecule has 0 fully saturated rings. The maximum absolute atomic E-state index is 10.6. The average Bonchev–Trinajstić information content (AvgIpc) is 2.37. The Bertz CT molecular complexity index is 433. The lowest BCUT2D eigenvalue weighted by Crippen LogP contribution is -2.15. The summed E-state index contributed by atoms with van der Waals surface area (Å²) in [4.78, 5) is 10.6. The first-order valence-corrected chi connectivity index (χ1v) is 6.03. The molecule has 0 spiro atoms. The summed E-state index contributed by atoms with van der Waals surface area (Å²) in [6.45, 7) is 1.07. The number of fused-ring (bicyclic) bond motifs is 1. The topological polar surface area (TPSA) is 81.8 Å². The molecule has 0 aromatic heterocycles. The van der Waals surface area contributed by atoms with Gasteiger partial charge in [0.25, 0.3) is 0 Å². The van der Waals surface area contributed by atoms with Crippen LogP contribution in [0, 0.1) is 0 Å². The van der Waals surface area contributed by atoms with Gasteiger partial charge in [-0.15, -0.1) is 0 Å². The Morgan fingerprint density at radius 3 is 2.78 bits per heavy atom. The number of rotatable bonds is 5. The molecule has 2 rings (SSSR count). The van der Waals surface area contributed by atoms with Crippen LogP contribution in [0.15, 0.2) is 18.2 Å². The molecule has 1 heterocycles. The molecule has 98 valence electrons. The van der Waals surface area contributed by atoms with Gasteiger partial charge in [0.05, 0.1) is 6.10 Å². The molecule has 18 heavy (non-hydrogen) atoms. The van der Waals surface area contributed by atoms with Crippen molar-refractivity contribution in [2.45, 2.75) is 25.4 Å². The van der Waals surface area contributed by atoms with E-state index in [1.54, 1.807) is 12.1 Å². The van der Waals surface area contributed by atoms with Gasteiger partial charge in [-0.05, 0) is 30.5 Å². The molecule has 1 aromatic carbocycles. The highest BCUT2D eigenvalue weighted by Gasteiger charge is 2.15. The third kappa shape index (κ3) is 3.13. The first-order valence-electron chi connectivity index (χ1n) is 6.03. The molecule has 1 atom stereocenters. The van der Waals surface area contributed by atoms with Crippen LogP contribution in [0.2, 0.25) is 0 Å². The summed E-state index contributed by atoms with van der Waals surface area (Å²) in [5.41, 5.74) is 5.82. The fraction of sp³-hybridized carbons (Fsp3) is 0.462.